The zero-order valence-corrected chi connectivity index (χ0v) is 8.46. The molecule has 0 aliphatic rings. The highest BCUT2D eigenvalue weighted by atomic mass is 79.9. The summed E-state index contributed by atoms with van der Waals surface area (Å²) in [7, 11) is 0. The first-order valence-corrected chi connectivity index (χ1v) is 4.53. The van der Waals surface area contributed by atoms with Crippen molar-refractivity contribution in [1.82, 2.24) is 5.16 Å². The standard InChI is InChI=1S/C9H6BrNO2/c1-5-7-3-2-6(4-12)8(10)9(7)13-11-5/h2-4H,1H3. The minimum Gasteiger partial charge on any atom is -0.355 e. The first-order chi connectivity index (χ1) is 6.24. The van der Waals surface area contributed by atoms with Gasteiger partial charge >= 0.3 is 0 Å². The number of hydrogen-bond donors (Lipinski definition) is 0. The van der Waals surface area contributed by atoms with Gasteiger partial charge in [-0.15, -0.1) is 0 Å². The molecule has 0 aliphatic heterocycles. The van der Waals surface area contributed by atoms with Crippen LogP contribution in [0.25, 0.3) is 11.0 Å². The number of halogens is 1. The first kappa shape index (κ1) is 8.44. The number of carbonyl (C=O) groups excluding carboxylic acids is 1. The van der Waals surface area contributed by atoms with Crippen LogP contribution in [0.4, 0.5) is 0 Å². The lowest BCUT2D eigenvalue weighted by Crippen LogP contribution is -1.81. The summed E-state index contributed by atoms with van der Waals surface area (Å²) in [4.78, 5) is 10.6. The third kappa shape index (κ3) is 1.18. The monoisotopic (exact) mass is 239 g/mol. The maximum Gasteiger partial charge on any atom is 0.181 e. The second kappa shape index (κ2) is 2.96. The molecule has 1 aromatic heterocycles. The molecule has 1 aromatic carbocycles. The Morgan fingerprint density at radius 1 is 1.54 bits per heavy atom. The maximum absolute atomic E-state index is 10.6. The fourth-order valence-corrected chi connectivity index (χ4v) is 1.71. The number of benzene rings is 1. The molecule has 2 aromatic rings. The number of aryl methyl sites for hydroxylation is 1. The molecular weight excluding hydrogens is 234 g/mol. The average molecular weight is 240 g/mol. The molecule has 13 heavy (non-hydrogen) atoms. The van der Waals surface area contributed by atoms with Crippen LogP contribution in [0.15, 0.2) is 21.1 Å². The third-order valence-electron chi connectivity index (χ3n) is 1.92. The molecule has 0 aliphatic carbocycles. The minimum atomic E-state index is 0.573. The quantitative estimate of drug-likeness (QED) is 0.719. The summed E-state index contributed by atoms with van der Waals surface area (Å²) in [6, 6.07) is 3.57. The van der Waals surface area contributed by atoms with E-state index in [1.54, 1.807) is 6.07 Å². The molecule has 0 radical (unpaired) electrons. The van der Waals surface area contributed by atoms with E-state index in [0.717, 1.165) is 17.4 Å². The van der Waals surface area contributed by atoms with E-state index in [1.165, 1.54) is 0 Å². The van der Waals surface area contributed by atoms with Gasteiger partial charge in [-0.05, 0) is 35.0 Å². The molecule has 0 N–H and O–H groups in total. The molecule has 1 heterocycles. The van der Waals surface area contributed by atoms with Gasteiger partial charge in [-0.1, -0.05) is 5.16 Å². The highest BCUT2D eigenvalue weighted by molar-refractivity contribution is 9.10. The number of fused-ring (bicyclic) bond motifs is 1. The smallest absolute Gasteiger partial charge is 0.181 e. The van der Waals surface area contributed by atoms with Crippen LogP contribution in [0, 0.1) is 6.92 Å². The summed E-state index contributed by atoms with van der Waals surface area (Å²) < 4.78 is 5.73. The van der Waals surface area contributed by atoms with Crippen molar-refractivity contribution in [3.8, 4) is 0 Å². The summed E-state index contributed by atoms with van der Waals surface area (Å²) in [5.74, 6) is 0. The Kier molecular flexibility index (Phi) is 1.92. The topological polar surface area (TPSA) is 43.1 Å². The van der Waals surface area contributed by atoms with Crippen molar-refractivity contribution in [2.45, 2.75) is 6.92 Å². The van der Waals surface area contributed by atoms with Gasteiger partial charge in [-0.2, -0.15) is 0 Å². The minimum absolute atomic E-state index is 0.573. The molecule has 0 saturated heterocycles. The van der Waals surface area contributed by atoms with Crippen molar-refractivity contribution in [2.75, 3.05) is 0 Å². The lowest BCUT2D eigenvalue weighted by atomic mass is 10.1. The molecule has 0 unspecified atom stereocenters. The molecule has 3 nitrogen and oxygen atoms in total. The lowest BCUT2D eigenvalue weighted by molar-refractivity contribution is 0.112. The largest absolute Gasteiger partial charge is 0.355 e. The number of aldehydes is 1. The molecule has 4 heteroatoms. The molecule has 0 amide bonds. The van der Waals surface area contributed by atoms with E-state index in [4.69, 9.17) is 4.52 Å². The Morgan fingerprint density at radius 3 is 3.00 bits per heavy atom. The molecule has 0 atom stereocenters. The molecule has 0 spiro atoms. The van der Waals surface area contributed by atoms with Crippen molar-refractivity contribution in [3.05, 3.63) is 27.9 Å². The third-order valence-corrected chi connectivity index (χ3v) is 2.74. The van der Waals surface area contributed by atoms with Gasteiger partial charge in [0.2, 0.25) is 0 Å². The number of aromatic nitrogens is 1. The van der Waals surface area contributed by atoms with E-state index in [9.17, 15) is 4.79 Å². The molecule has 66 valence electrons. The van der Waals surface area contributed by atoms with Crippen molar-refractivity contribution in [2.24, 2.45) is 0 Å². The Bertz CT molecular complexity index is 476. The fourth-order valence-electron chi connectivity index (χ4n) is 1.20. The Balaban J connectivity index is 2.87. The van der Waals surface area contributed by atoms with Crippen LogP contribution in [-0.4, -0.2) is 11.4 Å². The highest BCUT2D eigenvalue weighted by Crippen LogP contribution is 2.28. The van der Waals surface area contributed by atoms with E-state index in [-0.39, 0.29) is 0 Å². The summed E-state index contributed by atoms with van der Waals surface area (Å²) in [5, 5.41) is 4.74. The second-order valence-corrected chi connectivity index (χ2v) is 3.52. The van der Waals surface area contributed by atoms with Crippen molar-refractivity contribution < 1.29 is 9.32 Å². The van der Waals surface area contributed by atoms with Crippen LogP contribution in [0.5, 0.6) is 0 Å². The predicted octanol–water partition coefficient (Wildman–Crippen LogP) is 2.71. The summed E-state index contributed by atoms with van der Waals surface area (Å²) in [6.45, 7) is 1.86. The number of carbonyl (C=O) groups is 1. The van der Waals surface area contributed by atoms with Gasteiger partial charge in [0.05, 0.1) is 10.2 Å². The van der Waals surface area contributed by atoms with E-state index in [2.05, 4.69) is 21.1 Å². The van der Waals surface area contributed by atoms with Crippen LogP contribution in [0.2, 0.25) is 0 Å². The normalized spacial score (nSPS) is 10.6. The van der Waals surface area contributed by atoms with Gasteiger partial charge in [-0.3, -0.25) is 4.79 Å². The van der Waals surface area contributed by atoms with E-state index in [0.29, 0.717) is 15.6 Å². The van der Waals surface area contributed by atoms with Crippen molar-refractivity contribution in [3.63, 3.8) is 0 Å². The van der Waals surface area contributed by atoms with Gasteiger partial charge in [0.1, 0.15) is 0 Å². The van der Waals surface area contributed by atoms with Crippen molar-refractivity contribution in [1.29, 1.82) is 0 Å². The van der Waals surface area contributed by atoms with Crippen LogP contribution in [0.1, 0.15) is 16.1 Å². The molecular formula is C9H6BrNO2. The van der Waals surface area contributed by atoms with Gasteiger partial charge in [-0.25, -0.2) is 0 Å². The molecule has 0 saturated carbocycles. The Morgan fingerprint density at radius 2 is 2.31 bits per heavy atom. The van der Waals surface area contributed by atoms with Crippen molar-refractivity contribution >= 4 is 33.2 Å². The average Bonchev–Trinajstić information content (AvgIpc) is 2.50. The van der Waals surface area contributed by atoms with Crippen LogP contribution >= 0.6 is 15.9 Å². The van der Waals surface area contributed by atoms with E-state index < -0.39 is 0 Å². The fraction of sp³-hybridized carbons (Fsp3) is 0.111. The predicted molar refractivity (Wildman–Crippen MR) is 51.8 cm³/mol. The molecule has 2 rings (SSSR count). The summed E-state index contributed by atoms with van der Waals surface area (Å²) >= 11 is 3.29. The van der Waals surface area contributed by atoms with Gasteiger partial charge in [0.15, 0.2) is 11.9 Å². The lowest BCUT2D eigenvalue weighted by Gasteiger charge is -1.94. The van der Waals surface area contributed by atoms with Crippen LogP contribution in [-0.2, 0) is 0 Å². The molecule has 0 fully saturated rings. The summed E-state index contributed by atoms with van der Waals surface area (Å²) in [5.41, 5.74) is 2.03. The Labute approximate surface area is 82.8 Å². The van der Waals surface area contributed by atoms with Crippen LogP contribution < -0.4 is 0 Å². The van der Waals surface area contributed by atoms with Gasteiger partial charge in [0, 0.05) is 10.9 Å². The van der Waals surface area contributed by atoms with E-state index >= 15 is 0 Å². The second-order valence-electron chi connectivity index (χ2n) is 2.73. The number of rotatable bonds is 1. The number of nitrogens with zero attached hydrogens (tertiary/aromatic N) is 1. The molecule has 0 bridgehead atoms. The maximum atomic E-state index is 10.6. The van der Waals surface area contributed by atoms with Crippen LogP contribution in [0.3, 0.4) is 0 Å². The SMILES string of the molecule is Cc1noc2c(Br)c(C=O)ccc12. The highest BCUT2D eigenvalue weighted by Gasteiger charge is 2.10. The van der Waals surface area contributed by atoms with Gasteiger partial charge < -0.3 is 4.52 Å². The summed E-state index contributed by atoms with van der Waals surface area (Å²) in [6.07, 6.45) is 0.779. The van der Waals surface area contributed by atoms with E-state index in [1.807, 2.05) is 13.0 Å². The van der Waals surface area contributed by atoms with Gasteiger partial charge in [0.25, 0.3) is 0 Å². The zero-order chi connectivity index (χ0) is 9.42. The number of hydrogen-bond acceptors (Lipinski definition) is 3. The first-order valence-electron chi connectivity index (χ1n) is 3.73. The zero-order valence-electron chi connectivity index (χ0n) is 6.87. The Hall–Kier alpha value is -1.16.